The fourth-order valence-corrected chi connectivity index (χ4v) is 1.64. The summed E-state index contributed by atoms with van der Waals surface area (Å²) < 4.78 is 26.0. The van der Waals surface area contributed by atoms with Gasteiger partial charge in [0.1, 0.15) is 11.6 Å². The van der Waals surface area contributed by atoms with Crippen molar-refractivity contribution in [1.29, 1.82) is 0 Å². The maximum absolute atomic E-state index is 13.3. The Morgan fingerprint density at radius 1 is 1.00 bits per heavy atom. The number of ketones is 1. The molecule has 108 valence electrons. The smallest absolute Gasteiger partial charge is 0.319 e. The van der Waals surface area contributed by atoms with Crippen LogP contribution >= 0.6 is 0 Å². The van der Waals surface area contributed by atoms with Crippen LogP contribution in [0.4, 0.5) is 19.3 Å². The topological polar surface area (TPSA) is 58.2 Å². The molecule has 0 aliphatic heterocycles. The zero-order valence-corrected chi connectivity index (χ0v) is 10.9. The Morgan fingerprint density at radius 3 is 2.38 bits per heavy atom. The van der Waals surface area contributed by atoms with E-state index < -0.39 is 17.7 Å². The van der Waals surface area contributed by atoms with E-state index in [4.69, 9.17) is 0 Å². The molecule has 0 atom stereocenters. The van der Waals surface area contributed by atoms with Gasteiger partial charge in [-0.25, -0.2) is 13.6 Å². The van der Waals surface area contributed by atoms with Gasteiger partial charge in [0.15, 0.2) is 5.78 Å². The van der Waals surface area contributed by atoms with Gasteiger partial charge in [0.25, 0.3) is 0 Å². The summed E-state index contributed by atoms with van der Waals surface area (Å²) in [7, 11) is 0. The molecule has 21 heavy (non-hydrogen) atoms. The highest BCUT2D eigenvalue weighted by atomic mass is 19.1. The normalized spacial score (nSPS) is 10.0. The van der Waals surface area contributed by atoms with Gasteiger partial charge in [-0.15, -0.1) is 0 Å². The highest BCUT2D eigenvalue weighted by Gasteiger charge is 2.10. The summed E-state index contributed by atoms with van der Waals surface area (Å²) in [5.41, 5.74) is 0.298. The Hall–Kier alpha value is -2.76. The lowest BCUT2D eigenvalue weighted by Gasteiger charge is -2.08. The molecular weight excluding hydrogens is 278 g/mol. The van der Waals surface area contributed by atoms with E-state index in [1.165, 1.54) is 0 Å². The number of hydrogen-bond donors (Lipinski definition) is 2. The Morgan fingerprint density at radius 2 is 1.71 bits per heavy atom. The van der Waals surface area contributed by atoms with E-state index in [1.54, 1.807) is 30.3 Å². The van der Waals surface area contributed by atoms with Crippen LogP contribution < -0.4 is 10.6 Å². The number of rotatable bonds is 4. The van der Waals surface area contributed by atoms with E-state index >= 15 is 0 Å². The number of benzene rings is 2. The van der Waals surface area contributed by atoms with Crippen LogP contribution in [0.15, 0.2) is 48.5 Å². The van der Waals surface area contributed by atoms with Crippen molar-refractivity contribution >= 4 is 17.5 Å². The number of amides is 2. The SMILES string of the molecule is O=C(NCC(=O)c1ccccc1)Nc1ccc(F)cc1F. The number of urea groups is 1. The van der Waals surface area contributed by atoms with Crippen molar-refractivity contribution in [2.24, 2.45) is 0 Å². The number of halogens is 2. The molecule has 2 aromatic carbocycles. The fraction of sp³-hybridized carbons (Fsp3) is 0.0667. The van der Waals surface area contributed by atoms with Crippen LogP contribution in [-0.4, -0.2) is 18.4 Å². The van der Waals surface area contributed by atoms with Gasteiger partial charge in [-0.1, -0.05) is 30.3 Å². The third kappa shape index (κ3) is 4.10. The lowest BCUT2D eigenvalue weighted by atomic mass is 10.1. The molecule has 2 amide bonds. The van der Waals surface area contributed by atoms with Gasteiger partial charge in [-0.2, -0.15) is 0 Å². The molecule has 0 saturated heterocycles. The molecule has 4 nitrogen and oxygen atoms in total. The fourth-order valence-electron chi connectivity index (χ4n) is 1.64. The van der Waals surface area contributed by atoms with Gasteiger partial charge in [0.2, 0.25) is 0 Å². The standard InChI is InChI=1S/C15H12F2N2O2/c16-11-6-7-13(12(17)8-11)19-15(21)18-9-14(20)10-4-2-1-3-5-10/h1-8H,9H2,(H2,18,19,21). The molecule has 0 unspecified atom stereocenters. The molecule has 0 saturated carbocycles. The number of hydrogen-bond acceptors (Lipinski definition) is 2. The predicted octanol–water partition coefficient (Wildman–Crippen LogP) is 2.97. The van der Waals surface area contributed by atoms with Crippen molar-refractivity contribution in [1.82, 2.24) is 5.32 Å². The molecule has 2 N–H and O–H groups in total. The zero-order valence-electron chi connectivity index (χ0n) is 10.9. The highest BCUT2D eigenvalue weighted by Crippen LogP contribution is 2.14. The van der Waals surface area contributed by atoms with Gasteiger partial charge in [-0.05, 0) is 12.1 Å². The van der Waals surface area contributed by atoms with Crippen molar-refractivity contribution in [3.05, 3.63) is 65.7 Å². The minimum atomic E-state index is -0.889. The number of Topliss-reactive ketones (excluding diaryl/α,β-unsaturated/α-hetero) is 1. The quantitative estimate of drug-likeness (QED) is 0.850. The number of nitrogens with one attached hydrogen (secondary N) is 2. The van der Waals surface area contributed by atoms with E-state index in [9.17, 15) is 18.4 Å². The maximum Gasteiger partial charge on any atom is 0.319 e. The highest BCUT2D eigenvalue weighted by molar-refractivity contribution is 6.00. The van der Waals surface area contributed by atoms with E-state index in [0.29, 0.717) is 11.6 Å². The van der Waals surface area contributed by atoms with Crippen molar-refractivity contribution < 1.29 is 18.4 Å². The van der Waals surface area contributed by atoms with Crippen LogP contribution in [-0.2, 0) is 0 Å². The number of carbonyl (C=O) groups is 2. The van der Waals surface area contributed by atoms with Gasteiger partial charge < -0.3 is 10.6 Å². The summed E-state index contributed by atoms with van der Waals surface area (Å²) in [6, 6.07) is 10.5. The number of carbonyl (C=O) groups excluding carboxylic acids is 2. The zero-order chi connectivity index (χ0) is 15.2. The second-order valence-corrected chi connectivity index (χ2v) is 4.22. The summed E-state index contributed by atoms with van der Waals surface area (Å²) >= 11 is 0. The van der Waals surface area contributed by atoms with Crippen LogP contribution in [0.3, 0.4) is 0 Å². The summed E-state index contributed by atoms with van der Waals surface area (Å²) in [6.07, 6.45) is 0. The first-order valence-corrected chi connectivity index (χ1v) is 6.14. The third-order valence-corrected chi connectivity index (χ3v) is 2.68. The average Bonchev–Trinajstić information content (AvgIpc) is 2.48. The Kier molecular flexibility index (Phi) is 4.61. The monoisotopic (exact) mass is 290 g/mol. The minimum absolute atomic E-state index is 0.166. The first-order valence-electron chi connectivity index (χ1n) is 6.14. The molecule has 0 aliphatic rings. The van der Waals surface area contributed by atoms with Crippen LogP contribution in [0.2, 0.25) is 0 Å². The van der Waals surface area contributed by atoms with Crippen molar-refractivity contribution in [3.8, 4) is 0 Å². The lowest BCUT2D eigenvalue weighted by molar-refractivity contribution is 0.0993. The second-order valence-electron chi connectivity index (χ2n) is 4.22. The molecule has 0 radical (unpaired) electrons. The lowest BCUT2D eigenvalue weighted by Crippen LogP contribution is -2.33. The van der Waals surface area contributed by atoms with Gasteiger partial charge in [0, 0.05) is 11.6 Å². The van der Waals surface area contributed by atoms with Crippen molar-refractivity contribution in [2.45, 2.75) is 0 Å². The molecule has 0 bridgehead atoms. The van der Waals surface area contributed by atoms with Gasteiger partial charge in [0.05, 0.1) is 12.2 Å². The first kappa shape index (κ1) is 14.6. The van der Waals surface area contributed by atoms with E-state index in [0.717, 1.165) is 12.1 Å². The molecule has 2 rings (SSSR count). The largest absolute Gasteiger partial charge is 0.330 e. The summed E-state index contributed by atoms with van der Waals surface area (Å²) in [6.45, 7) is -0.224. The van der Waals surface area contributed by atoms with Crippen molar-refractivity contribution in [2.75, 3.05) is 11.9 Å². The maximum atomic E-state index is 13.3. The van der Waals surface area contributed by atoms with E-state index in [2.05, 4.69) is 10.6 Å². The van der Waals surface area contributed by atoms with Crippen LogP contribution in [0.5, 0.6) is 0 Å². The Bertz CT molecular complexity index is 660. The van der Waals surface area contributed by atoms with Gasteiger partial charge in [-0.3, -0.25) is 4.79 Å². The van der Waals surface area contributed by atoms with Crippen LogP contribution in [0.25, 0.3) is 0 Å². The van der Waals surface area contributed by atoms with E-state index in [-0.39, 0.29) is 18.0 Å². The molecule has 0 spiro atoms. The summed E-state index contributed by atoms with van der Waals surface area (Å²) in [4.78, 5) is 23.3. The molecular formula is C15H12F2N2O2. The first-order chi connectivity index (χ1) is 10.1. The molecule has 2 aromatic rings. The second kappa shape index (κ2) is 6.60. The molecule has 0 aromatic heterocycles. The molecule has 0 heterocycles. The summed E-state index contributed by atoms with van der Waals surface area (Å²) in [5.74, 6) is -1.90. The summed E-state index contributed by atoms with van der Waals surface area (Å²) in [5, 5.41) is 4.51. The van der Waals surface area contributed by atoms with Gasteiger partial charge >= 0.3 is 6.03 Å². The van der Waals surface area contributed by atoms with E-state index in [1.807, 2.05) is 0 Å². The van der Waals surface area contributed by atoms with Crippen LogP contribution in [0.1, 0.15) is 10.4 Å². The Balaban J connectivity index is 1.89. The molecule has 6 heteroatoms. The third-order valence-electron chi connectivity index (χ3n) is 2.68. The molecule has 0 fully saturated rings. The Labute approximate surface area is 119 Å². The van der Waals surface area contributed by atoms with Crippen LogP contribution in [0, 0.1) is 11.6 Å². The van der Waals surface area contributed by atoms with Crippen molar-refractivity contribution in [3.63, 3.8) is 0 Å². The average molecular weight is 290 g/mol. The number of anilines is 1. The minimum Gasteiger partial charge on any atom is -0.330 e. The molecule has 0 aliphatic carbocycles. The predicted molar refractivity (Wildman–Crippen MR) is 74.2 cm³/mol.